The van der Waals surface area contributed by atoms with Crippen molar-refractivity contribution in [2.24, 2.45) is 0 Å². The fraction of sp³-hybridized carbons (Fsp3) is 0.562. The molecule has 20 heavy (non-hydrogen) atoms. The molecule has 2 rings (SSSR count). The van der Waals surface area contributed by atoms with Gasteiger partial charge in [-0.05, 0) is 37.0 Å². The van der Waals surface area contributed by atoms with Crippen molar-refractivity contribution in [3.8, 4) is 0 Å². The first-order valence-corrected chi connectivity index (χ1v) is 8.26. The average molecular weight is 339 g/mol. The van der Waals surface area contributed by atoms with Crippen molar-refractivity contribution in [2.45, 2.75) is 38.6 Å². The van der Waals surface area contributed by atoms with E-state index in [4.69, 9.17) is 0 Å². The molecular weight excluding hydrogens is 316 g/mol. The van der Waals surface area contributed by atoms with Crippen LogP contribution in [0, 0.1) is 0 Å². The van der Waals surface area contributed by atoms with E-state index in [-0.39, 0.29) is 0 Å². The molecule has 1 aliphatic heterocycles. The lowest BCUT2D eigenvalue weighted by Gasteiger charge is -2.19. The van der Waals surface area contributed by atoms with E-state index in [0.717, 1.165) is 43.4 Å². The second-order valence-electron chi connectivity index (χ2n) is 5.31. The van der Waals surface area contributed by atoms with Gasteiger partial charge in [-0.15, -0.1) is 0 Å². The normalized spacial score (nSPS) is 16.4. The van der Waals surface area contributed by atoms with Crippen LogP contribution < -0.4 is 5.32 Å². The summed E-state index contributed by atoms with van der Waals surface area (Å²) in [5.41, 5.74) is 1.27. The van der Waals surface area contributed by atoms with Crippen molar-refractivity contribution in [2.75, 3.05) is 19.6 Å². The topological polar surface area (TPSA) is 32.3 Å². The quantitative estimate of drug-likeness (QED) is 0.860. The molecule has 1 heterocycles. The molecule has 4 heteroatoms. The lowest BCUT2D eigenvalue weighted by Crippen LogP contribution is -2.31. The van der Waals surface area contributed by atoms with Gasteiger partial charge >= 0.3 is 0 Å². The fourth-order valence-electron chi connectivity index (χ4n) is 2.70. The number of halogens is 1. The fourth-order valence-corrected chi connectivity index (χ4v) is 3.12. The third-order valence-electron chi connectivity index (χ3n) is 3.85. The van der Waals surface area contributed by atoms with Crippen LogP contribution in [0.5, 0.6) is 0 Å². The highest BCUT2D eigenvalue weighted by Crippen LogP contribution is 2.20. The second kappa shape index (κ2) is 7.79. The van der Waals surface area contributed by atoms with Crippen LogP contribution in [-0.4, -0.2) is 30.4 Å². The predicted octanol–water partition coefficient (Wildman–Crippen LogP) is 3.50. The summed E-state index contributed by atoms with van der Waals surface area (Å²) < 4.78 is 1.10. The molecule has 1 N–H and O–H groups in total. The first-order chi connectivity index (χ1) is 9.70. The highest BCUT2D eigenvalue weighted by molar-refractivity contribution is 9.10. The molecule has 1 fully saturated rings. The Hall–Kier alpha value is -0.870. The van der Waals surface area contributed by atoms with E-state index in [1.54, 1.807) is 0 Å². The highest BCUT2D eigenvalue weighted by atomic mass is 79.9. The van der Waals surface area contributed by atoms with Crippen molar-refractivity contribution >= 4 is 21.8 Å². The Morgan fingerprint density at radius 1 is 1.40 bits per heavy atom. The molecule has 0 bridgehead atoms. The Morgan fingerprint density at radius 2 is 2.15 bits per heavy atom. The smallest absolute Gasteiger partial charge is 0.223 e. The van der Waals surface area contributed by atoms with E-state index in [1.807, 2.05) is 11.0 Å². The molecule has 1 unspecified atom stereocenters. The van der Waals surface area contributed by atoms with Crippen molar-refractivity contribution < 1.29 is 4.79 Å². The predicted molar refractivity (Wildman–Crippen MR) is 85.6 cm³/mol. The van der Waals surface area contributed by atoms with Gasteiger partial charge in [0.05, 0.1) is 0 Å². The Bertz CT molecular complexity index is 444. The average Bonchev–Trinajstić information content (AvgIpc) is 2.97. The first kappa shape index (κ1) is 15.5. The second-order valence-corrected chi connectivity index (χ2v) is 6.22. The molecule has 0 radical (unpaired) electrons. The van der Waals surface area contributed by atoms with E-state index in [0.29, 0.717) is 18.4 Å². The number of nitrogens with zero attached hydrogens (tertiary/aromatic N) is 1. The van der Waals surface area contributed by atoms with Gasteiger partial charge in [0.25, 0.3) is 0 Å². The summed E-state index contributed by atoms with van der Waals surface area (Å²) in [7, 11) is 0. The third kappa shape index (κ3) is 4.32. The number of amides is 1. The van der Waals surface area contributed by atoms with Crippen molar-refractivity contribution in [1.29, 1.82) is 0 Å². The van der Waals surface area contributed by atoms with Gasteiger partial charge in [0.15, 0.2) is 0 Å². The molecule has 0 aromatic heterocycles. The number of carbonyl (C=O) groups excluding carboxylic acids is 1. The minimum absolute atomic E-state index is 0.291. The van der Waals surface area contributed by atoms with E-state index in [9.17, 15) is 4.79 Å². The number of nitrogens with one attached hydrogen (secondary N) is 1. The van der Waals surface area contributed by atoms with Gasteiger partial charge in [0, 0.05) is 36.6 Å². The zero-order valence-corrected chi connectivity index (χ0v) is 13.7. The van der Waals surface area contributed by atoms with E-state index >= 15 is 0 Å². The zero-order chi connectivity index (χ0) is 14.4. The van der Waals surface area contributed by atoms with Crippen molar-refractivity contribution in [1.82, 2.24) is 10.2 Å². The van der Waals surface area contributed by atoms with Crippen molar-refractivity contribution in [3.63, 3.8) is 0 Å². The molecule has 3 nitrogen and oxygen atoms in total. The SMILES string of the molecule is CCC(NCCC(=O)N1CCCC1)c1cccc(Br)c1. The molecule has 0 aliphatic carbocycles. The van der Waals surface area contributed by atoms with Gasteiger partial charge < -0.3 is 10.2 Å². The minimum Gasteiger partial charge on any atom is -0.343 e. The van der Waals surface area contributed by atoms with Crippen LogP contribution in [0.3, 0.4) is 0 Å². The summed E-state index contributed by atoms with van der Waals surface area (Å²) in [6, 6.07) is 8.68. The third-order valence-corrected chi connectivity index (χ3v) is 4.34. The highest BCUT2D eigenvalue weighted by Gasteiger charge is 2.17. The Morgan fingerprint density at radius 3 is 2.80 bits per heavy atom. The molecule has 1 saturated heterocycles. The summed E-state index contributed by atoms with van der Waals surface area (Å²) >= 11 is 3.51. The van der Waals surface area contributed by atoms with Crippen LogP contribution in [0.25, 0.3) is 0 Å². The number of likely N-dealkylation sites (tertiary alicyclic amines) is 1. The maximum Gasteiger partial charge on any atom is 0.223 e. The Balaban J connectivity index is 1.80. The van der Waals surface area contributed by atoms with Crippen LogP contribution in [-0.2, 0) is 4.79 Å². The van der Waals surface area contributed by atoms with Gasteiger partial charge in [0.2, 0.25) is 5.91 Å². The maximum atomic E-state index is 12.0. The molecule has 1 amide bonds. The first-order valence-electron chi connectivity index (χ1n) is 7.47. The van der Waals surface area contributed by atoms with Crippen LogP contribution in [0.4, 0.5) is 0 Å². The molecule has 110 valence electrons. The van der Waals surface area contributed by atoms with Gasteiger partial charge in [-0.3, -0.25) is 4.79 Å². The lowest BCUT2D eigenvalue weighted by atomic mass is 10.0. The largest absolute Gasteiger partial charge is 0.343 e. The van der Waals surface area contributed by atoms with E-state index in [1.165, 1.54) is 5.56 Å². The number of rotatable bonds is 6. The minimum atomic E-state index is 0.291. The molecule has 0 saturated carbocycles. The molecule has 1 aromatic carbocycles. The molecule has 0 spiro atoms. The number of hydrogen-bond donors (Lipinski definition) is 1. The van der Waals surface area contributed by atoms with Crippen LogP contribution >= 0.6 is 15.9 Å². The van der Waals surface area contributed by atoms with Crippen molar-refractivity contribution in [3.05, 3.63) is 34.3 Å². The van der Waals surface area contributed by atoms with Gasteiger partial charge in [-0.2, -0.15) is 0 Å². The van der Waals surface area contributed by atoms with Gasteiger partial charge in [0.1, 0.15) is 0 Å². The van der Waals surface area contributed by atoms with Gasteiger partial charge in [-0.1, -0.05) is 35.0 Å². The van der Waals surface area contributed by atoms with Crippen LogP contribution in [0.1, 0.15) is 44.2 Å². The maximum absolute atomic E-state index is 12.0. The summed E-state index contributed by atoms with van der Waals surface area (Å²) in [4.78, 5) is 14.0. The van der Waals surface area contributed by atoms with Crippen LogP contribution in [0.15, 0.2) is 28.7 Å². The zero-order valence-electron chi connectivity index (χ0n) is 12.1. The summed E-state index contributed by atoms with van der Waals surface area (Å²) in [6.45, 7) is 4.81. The summed E-state index contributed by atoms with van der Waals surface area (Å²) in [5.74, 6) is 0.291. The Kier molecular flexibility index (Phi) is 6.05. The summed E-state index contributed by atoms with van der Waals surface area (Å²) in [5, 5.41) is 3.50. The monoisotopic (exact) mass is 338 g/mol. The Labute approximate surface area is 129 Å². The molecule has 1 atom stereocenters. The van der Waals surface area contributed by atoms with Gasteiger partial charge in [-0.25, -0.2) is 0 Å². The summed E-state index contributed by atoms with van der Waals surface area (Å²) in [6.07, 6.45) is 3.95. The number of carbonyl (C=O) groups is 1. The molecule has 1 aliphatic rings. The van der Waals surface area contributed by atoms with E-state index < -0.39 is 0 Å². The lowest BCUT2D eigenvalue weighted by molar-refractivity contribution is -0.130. The van der Waals surface area contributed by atoms with Crippen LogP contribution in [0.2, 0.25) is 0 Å². The standard InChI is InChI=1S/C16H23BrN2O/c1-2-15(13-6-5-7-14(17)12-13)18-9-8-16(20)19-10-3-4-11-19/h5-7,12,15,18H,2-4,8-11H2,1H3. The number of benzene rings is 1. The molecule has 1 aromatic rings. The van der Waals surface area contributed by atoms with E-state index in [2.05, 4.69) is 46.4 Å². The number of hydrogen-bond acceptors (Lipinski definition) is 2. The molecular formula is C16H23BrN2O.